The molecule has 0 saturated heterocycles. The van der Waals surface area contributed by atoms with E-state index in [1.54, 1.807) is 0 Å². The van der Waals surface area contributed by atoms with Crippen molar-refractivity contribution in [3.63, 3.8) is 0 Å². The summed E-state index contributed by atoms with van der Waals surface area (Å²) in [6, 6.07) is 1.21. The minimum absolute atomic E-state index is 0.137. The number of sulfonamides is 1. The molecule has 0 aliphatic rings. The lowest BCUT2D eigenvalue weighted by atomic mass is 10.2. The monoisotopic (exact) mass is 399 g/mol. The van der Waals surface area contributed by atoms with Crippen LogP contribution in [0.25, 0.3) is 0 Å². The van der Waals surface area contributed by atoms with Gasteiger partial charge in [0.05, 0.1) is 10.0 Å². The average molecular weight is 401 g/mol. The van der Waals surface area contributed by atoms with E-state index in [9.17, 15) is 13.2 Å². The van der Waals surface area contributed by atoms with Crippen molar-refractivity contribution in [1.82, 2.24) is 4.72 Å². The zero-order valence-electron chi connectivity index (χ0n) is 9.73. The van der Waals surface area contributed by atoms with E-state index in [2.05, 4.69) is 21.9 Å². The fourth-order valence-corrected chi connectivity index (χ4v) is 4.45. The fraction of sp³-hybridized carbons (Fsp3) is 0.182. The Balaban J connectivity index is 3.25. The van der Waals surface area contributed by atoms with E-state index in [1.807, 2.05) is 4.72 Å². The third-order valence-electron chi connectivity index (χ3n) is 2.15. The van der Waals surface area contributed by atoms with Crippen molar-refractivity contribution in [2.45, 2.75) is 17.4 Å². The molecule has 0 fully saturated rings. The predicted octanol–water partition coefficient (Wildman–Crippen LogP) is 2.51. The molecule has 1 unspecified atom stereocenters. The number of halogens is 3. The molecule has 0 amide bonds. The second kappa shape index (κ2) is 6.78. The predicted molar refractivity (Wildman–Crippen MR) is 79.4 cm³/mol. The first-order valence-corrected chi connectivity index (χ1v) is 8.05. The van der Waals surface area contributed by atoms with Crippen LogP contribution in [0, 0.1) is 12.3 Å². The molecule has 0 aromatic heterocycles. The Morgan fingerprint density at radius 1 is 1.45 bits per heavy atom. The smallest absolute Gasteiger partial charge is 0.322 e. The first-order valence-electron chi connectivity index (χ1n) is 5.02. The summed E-state index contributed by atoms with van der Waals surface area (Å²) in [6.45, 7) is 0. The molecule has 0 bridgehead atoms. The van der Waals surface area contributed by atoms with Crippen LogP contribution in [0.4, 0.5) is 0 Å². The van der Waals surface area contributed by atoms with Crippen LogP contribution < -0.4 is 4.72 Å². The molecule has 0 radical (unpaired) electrons. The molecule has 108 valence electrons. The van der Waals surface area contributed by atoms with E-state index >= 15 is 0 Å². The average Bonchev–Trinajstić information content (AvgIpc) is 2.25. The van der Waals surface area contributed by atoms with Gasteiger partial charge in [0.15, 0.2) is 0 Å². The molecule has 1 aromatic rings. The Hall–Kier alpha value is -0.780. The Labute approximate surface area is 134 Å². The molecule has 5 nitrogen and oxygen atoms in total. The van der Waals surface area contributed by atoms with E-state index in [0.717, 1.165) is 0 Å². The molecule has 9 heteroatoms. The van der Waals surface area contributed by atoms with Crippen molar-refractivity contribution in [3.8, 4) is 12.3 Å². The standard InChI is InChI=1S/C11H8BrCl2NO4S/c1-2-3-9(11(16)17)15-20(18,19)10-7(13)4-6(12)5-8(10)14/h1,4-5,9,15H,3H2,(H,16,17). The van der Waals surface area contributed by atoms with Gasteiger partial charge in [-0.1, -0.05) is 39.1 Å². The first-order chi connectivity index (χ1) is 9.19. The minimum Gasteiger partial charge on any atom is -0.480 e. The molecule has 1 aromatic carbocycles. The highest BCUT2D eigenvalue weighted by Crippen LogP contribution is 2.32. The van der Waals surface area contributed by atoms with E-state index in [1.165, 1.54) is 12.1 Å². The zero-order chi connectivity index (χ0) is 15.5. The number of benzene rings is 1. The first kappa shape index (κ1) is 17.3. The van der Waals surface area contributed by atoms with Gasteiger partial charge in [-0.3, -0.25) is 4.79 Å². The maximum atomic E-state index is 12.1. The van der Waals surface area contributed by atoms with E-state index in [0.29, 0.717) is 4.47 Å². The van der Waals surface area contributed by atoms with Crippen molar-refractivity contribution in [2.24, 2.45) is 0 Å². The van der Waals surface area contributed by atoms with Gasteiger partial charge in [-0.25, -0.2) is 8.42 Å². The summed E-state index contributed by atoms with van der Waals surface area (Å²) in [7, 11) is -4.22. The van der Waals surface area contributed by atoms with Crippen molar-refractivity contribution in [1.29, 1.82) is 0 Å². The number of aliphatic carboxylic acids is 1. The molecule has 0 saturated carbocycles. The van der Waals surface area contributed by atoms with Crippen LogP contribution >= 0.6 is 39.1 Å². The summed E-state index contributed by atoms with van der Waals surface area (Å²) in [4.78, 5) is 10.5. The highest BCUT2D eigenvalue weighted by atomic mass is 79.9. The zero-order valence-corrected chi connectivity index (χ0v) is 13.6. The quantitative estimate of drug-likeness (QED) is 0.743. The summed E-state index contributed by atoms with van der Waals surface area (Å²) >= 11 is 14.8. The van der Waals surface area contributed by atoms with Gasteiger partial charge in [0, 0.05) is 10.9 Å². The third-order valence-corrected chi connectivity index (χ3v) is 5.00. The molecule has 0 aliphatic carbocycles. The molecule has 20 heavy (non-hydrogen) atoms. The van der Waals surface area contributed by atoms with E-state index in [-0.39, 0.29) is 16.5 Å². The van der Waals surface area contributed by atoms with Crippen LogP contribution in [0.15, 0.2) is 21.5 Å². The van der Waals surface area contributed by atoms with Crippen LogP contribution in [0.1, 0.15) is 6.42 Å². The Kier molecular flexibility index (Phi) is 5.86. The number of carbonyl (C=O) groups is 1. The highest BCUT2D eigenvalue weighted by Gasteiger charge is 2.28. The van der Waals surface area contributed by atoms with Gasteiger partial charge in [-0.15, -0.1) is 12.3 Å². The van der Waals surface area contributed by atoms with Gasteiger partial charge in [-0.05, 0) is 12.1 Å². The number of carboxylic acid groups (broad SMARTS) is 1. The minimum atomic E-state index is -4.22. The largest absolute Gasteiger partial charge is 0.480 e. The Bertz CT molecular complexity index is 661. The van der Waals surface area contributed by atoms with Crippen molar-refractivity contribution >= 4 is 55.1 Å². The number of rotatable bonds is 5. The van der Waals surface area contributed by atoms with Gasteiger partial charge < -0.3 is 5.11 Å². The second-order valence-corrected chi connectivity index (χ2v) is 7.00. The summed E-state index contributed by atoms with van der Waals surface area (Å²) in [5, 5.41) is 8.63. The maximum absolute atomic E-state index is 12.1. The van der Waals surface area contributed by atoms with Crippen LogP contribution in [-0.4, -0.2) is 25.5 Å². The number of hydrogen-bond acceptors (Lipinski definition) is 3. The lowest BCUT2D eigenvalue weighted by molar-refractivity contribution is -0.138. The number of carboxylic acids is 1. The van der Waals surface area contributed by atoms with Crippen LogP contribution in [0.3, 0.4) is 0 Å². The van der Waals surface area contributed by atoms with E-state index in [4.69, 9.17) is 34.7 Å². The maximum Gasteiger partial charge on any atom is 0.322 e. The molecule has 1 atom stereocenters. The molecule has 0 spiro atoms. The topological polar surface area (TPSA) is 83.5 Å². The fourth-order valence-electron chi connectivity index (χ4n) is 1.33. The molecular formula is C11H8BrCl2NO4S. The lowest BCUT2D eigenvalue weighted by Gasteiger charge is -2.14. The van der Waals surface area contributed by atoms with Crippen molar-refractivity contribution in [2.75, 3.05) is 0 Å². The molecule has 2 N–H and O–H groups in total. The van der Waals surface area contributed by atoms with E-state index < -0.39 is 26.9 Å². The SMILES string of the molecule is C#CCC(NS(=O)(=O)c1c(Cl)cc(Br)cc1Cl)C(=O)O. The van der Waals surface area contributed by atoms with Crippen molar-refractivity contribution < 1.29 is 18.3 Å². The highest BCUT2D eigenvalue weighted by molar-refractivity contribution is 9.10. The normalized spacial score (nSPS) is 12.7. The van der Waals surface area contributed by atoms with Crippen LogP contribution in [0.2, 0.25) is 10.0 Å². The van der Waals surface area contributed by atoms with Gasteiger partial charge in [0.1, 0.15) is 10.9 Å². The van der Waals surface area contributed by atoms with Crippen LogP contribution in [0.5, 0.6) is 0 Å². The third kappa shape index (κ3) is 4.11. The van der Waals surface area contributed by atoms with Gasteiger partial charge in [-0.2, -0.15) is 4.72 Å². The van der Waals surface area contributed by atoms with Crippen molar-refractivity contribution in [3.05, 3.63) is 26.7 Å². The van der Waals surface area contributed by atoms with Gasteiger partial charge in [0.2, 0.25) is 10.0 Å². The van der Waals surface area contributed by atoms with Gasteiger partial charge >= 0.3 is 5.97 Å². The number of nitrogens with one attached hydrogen (secondary N) is 1. The molecule has 1 rings (SSSR count). The summed E-state index contributed by atoms with van der Waals surface area (Å²) in [5.74, 6) is 0.688. The molecule has 0 aliphatic heterocycles. The Morgan fingerprint density at radius 3 is 2.35 bits per heavy atom. The summed E-state index contributed by atoms with van der Waals surface area (Å²) in [5.41, 5.74) is 0. The Morgan fingerprint density at radius 2 is 1.95 bits per heavy atom. The molecule has 0 heterocycles. The summed E-state index contributed by atoms with van der Waals surface area (Å²) < 4.78 is 26.7. The lowest BCUT2D eigenvalue weighted by Crippen LogP contribution is -2.40. The van der Waals surface area contributed by atoms with Crippen LogP contribution in [-0.2, 0) is 14.8 Å². The molecular weight excluding hydrogens is 393 g/mol. The second-order valence-electron chi connectivity index (χ2n) is 3.62. The summed E-state index contributed by atoms with van der Waals surface area (Å²) in [6.07, 6.45) is 4.69. The van der Waals surface area contributed by atoms with Gasteiger partial charge in [0.25, 0.3) is 0 Å². The number of hydrogen-bond donors (Lipinski definition) is 2. The number of terminal acetylenes is 1.